The largest absolute Gasteiger partial charge is 0.497 e. The molecule has 1 unspecified atom stereocenters. The highest BCUT2D eigenvalue weighted by atomic mass is 32.1. The van der Waals surface area contributed by atoms with Gasteiger partial charge in [-0.25, -0.2) is 0 Å². The highest BCUT2D eigenvalue weighted by Gasteiger charge is 2.12. The monoisotopic (exact) mass is 262 g/mol. The Bertz CT molecular complexity index is 484. The molecule has 0 saturated heterocycles. The summed E-state index contributed by atoms with van der Waals surface area (Å²) >= 11 is 1.68. The van der Waals surface area contributed by atoms with E-state index in [0.29, 0.717) is 6.04 Å². The molecule has 0 amide bonds. The Labute approximate surface area is 112 Å². The van der Waals surface area contributed by atoms with E-state index in [0.717, 1.165) is 5.75 Å². The van der Waals surface area contributed by atoms with Gasteiger partial charge in [0.1, 0.15) is 5.75 Å². The van der Waals surface area contributed by atoms with Gasteiger partial charge in [-0.05, 0) is 31.5 Å². The summed E-state index contributed by atoms with van der Waals surface area (Å²) in [5.41, 5.74) is 3.09. The van der Waals surface area contributed by atoms with E-state index >= 15 is 0 Å². The van der Waals surface area contributed by atoms with E-state index < -0.39 is 0 Å². The van der Waals surface area contributed by atoms with Crippen molar-refractivity contribution < 1.29 is 4.74 Å². The van der Waals surface area contributed by atoms with E-state index in [-0.39, 0.29) is 6.04 Å². The minimum absolute atomic E-state index is 0.275. The first kappa shape index (κ1) is 13.1. The molecule has 0 bridgehead atoms. The summed E-state index contributed by atoms with van der Waals surface area (Å²) in [5, 5.41) is 3.56. The summed E-state index contributed by atoms with van der Waals surface area (Å²) in [6, 6.07) is 8.74. The zero-order valence-corrected chi connectivity index (χ0v) is 11.7. The van der Waals surface area contributed by atoms with Crippen molar-refractivity contribution in [2.75, 3.05) is 7.11 Å². The van der Waals surface area contributed by atoms with Gasteiger partial charge in [-0.15, -0.1) is 11.3 Å². The van der Waals surface area contributed by atoms with Crippen molar-refractivity contribution in [2.24, 2.45) is 0 Å². The number of methoxy groups -OCH3 is 1. The smallest absolute Gasteiger partial charge is 0.119 e. The lowest BCUT2D eigenvalue weighted by Gasteiger charge is -2.19. The van der Waals surface area contributed by atoms with Gasteiger partial charge in [0, 0.05) is 23.2 Å². The molecule has 0 radical (unpaired) electrons. The second-order valence-electron chi connectivity index (χ2n) is 4.29. The predicted molar refractivity (Wildman–Crippen MR) is 75.1 cm³/mol. The van der Waals surface area contributed by atoms with Crippen molar-refractivity contribution in [1.29, 1.82) is 0 Å². The molecule has 1 heterocycles. The molecule has 4 heteroatoms. The molecule has 0 saturated carbocycles. The van der Waals surface area contributed by atoms with Gasteiger partial charge in [-0.1, -0.05) is 12.1 Å². The molecule has 18 heavy (non-hydrogen) atoms. The van der Waals surface area contributed by atoms with E-state index in [9.17, 15) is 0 Å². The van der Waals surface area contributed by atoms with Crippen molar-refractivity contribution in [1.82, 2.24) is 10.3 Å². The van der Waals surface area contributed by atoms with Gasteiger partial charge in [0.05, 0.1) is 12.6 Å². The first-order valence-electron chi connectivity index (χ1n) is 5.99. The molecule has 0 spiro atoms. The van der Waals surface area contributed by atoms with Crippen LogP contribution in [0.4, 0.5) is 0 Å². The van der Waals surface area contributed by atoms with Crippen molar-refractivity contribution in [3.63, 3.8) is 0 Å². The van der Waals surface area contributed by atoms with Crippen LogP contribution in [-0.4, -0.2) is 12.1 Å². The van der Waals surface area contributed by atoms with Crippen LogP contribution in [0, 0.1) is 0 Å². The number of nitrogens with zero attached hydrogens (tertiary/aromatic N) is 1. The SMILES string of the molecule is COc1cccc([C@@H](C)NC(C)c2cncs2)c1. The minimum atomic E-state index is 0.275. The number of ether oxygens (including phenoxy) is 1. The third-order valence-corrected chi connectivity index (χ3v) is 3.93. The Morgan fingerprint density at radius 2 is 2.11 bits per heavy atom. The van der Waals surface area contributed by atoms with E-state index in [1.165, 1.54) is 10.4 Å². The summed E-state index contributed by atoms with van der Waals surface area (Å²) in [6.45, 7) is 4.32. The van der Waals surface area contributed by atoms with Crippen LogP contribution >= 0.6 is 11.3 Å². The van der Waals surface area contributed by atoms with Crippen LogP contribution in [0.1, 0.15) is 36.4 Å². The maximum absolute atomic E-state index is 5.25. The molecule has 1 N–H and O–H groups in total. The summed E-state index contributed by atoms with van der Waals surface area (Å²) in [4.78, 5) is 5.36. The maximum atomic E-state index is 5.25. The fourth-order valence-electron chi connectivity index (χ4n) is 1.90. The van der Waals surface area contributed by atoms with Crippen molar-refractivity contribution in [3.8, 4) is 5.75 Å². The molecule has 3 nitrogen and oxygen atoms in total. The number of benzene rings is 1. The molecule has 0 aliphatic rings. The topological polar surface area (TPSA) is 34.1 Å². The van der Waals surface area contributed by atoms with E-state index in [4.69, 9.17) is 4.74 Å². The van der Waals surface area contributed by atoms with Gasteiger partial charge in [-0.3, -0.25) is 4.98 Å². The quantitative estimate of drug-likeness (QED) is 0.894. The fourth-order valence-corrected chi connectivity index (χ4v) is 2.54. The maximum Gasteiger partial charge on any atom is 0.119 e. The summed E-state index contributed by atoms with van der Waals surface area (Å²) in [7, 11) is 1.69. The van der Waals surface area contributed by atoms with Crippen LogP contribution in [0.3, 0.4) is 0 Å². The lowest BCUT2D eigenvalue weighted by molar-refractivity contribution is 0.412. The molecule has 1 aromatic heterocycles. The molecule has 2 aromatic rings. The Hall–Kier alpha value is -1.39. The van der Waals surface area contributed by atoms with Gasteiger partial charge >= 0.3 is 0 Å². The zero-order chi connectivity index (χ0) is 13.0. The molecular weight excluding hydrogens is 244 g/mol. The highest BCUT2D eigenvalue weighted by Crippen LogP contribution is 2.23. The number of nitrogens with one attached hydrogen (secondary N) is 1. The molecule has 0 aliphatic carbocycles. The van der Waals surface area contributed by atoms with Gasteiger partial charge in [0.2, 0.25) is 0 Å². The van der Waals surface area contributed by atoms with Crippen LogP contribution in [0.2, 0.25) is 0 Å². The third kappa shape index (κ3) is 3.09. The predicted octanol–water partition coefficient (Wildman–Crippen LogP) is 3.56. The zero-order valence-electron chi connectivity index (χ0n) is 10.9. The van der Waals surface area contributed by atoms with Crippen molar-refractivity contribution >= 4 is 11.3 Å². The normalized spacial score (nSPS) is 14.2. The Morgan fingerprint density at radius 1 is 1.28 bits per heavy atom. The van der Waals surface area contributed by atoms with Gasteiger partial charge in [0.15, 0.2) is 0 Å². The second-order valence-corrected chi connectivity index (χ2v) is 5.21. The van der Waals surface area contributed by atoms with Gasteiger partial charge in [-0.2, -0.15) is 0 Å². The van der Waals surface area contributed by atoms with Crippen LogP contribution in [0.15, 0.2) is 36.0 Å². The lowest BCUT2D eigenvalue weighted by atomic mass is 10.1. The van der Waals surface area contributed by atoms with Gasteiger partial charge < -0.3 is 10.1 Å². The number of aromatic nitrogens is 1. The third-order valence-electron chi connectivity index (χ3n) is 2.97. The van der Waals surface area contributed by atoms with Crippen LogP contribution < -0.4 is 10.1 Å². The highest BCUT2D eigenvalue weighted by molar-refractivity contribution is 7.09. The molecule has 0 aliphatic heterocycles. The number of hydrogen-bond acceptors (Lipinski definition) is 4. The molecule has 2 rings (SSSR count). The minimum Gasteiger partial charge on any atom is -0.497 e. The fraction of sp³-hybridized carbons (Fsp3) is 0.357. The van der Waals surface area contributed by atoms with Crippen LogP contribution in [-0.2, 0) is 0 Å². The number of thiazole rings is 1. The molecule has 96 valence electrons. The van der Waals surface area contributed by atoms with E-state index in [1.54, 1.807) is 18.4 Å². The Balaban J connectivity index is 2.04. The van der Waals surface area contributed by atoms with E-state index in [1.807, 2.05) is 23.8 Å². The number of hydrogen-bond donors (Lipinski definition) is 1. The number of rotatable bonds is 5. The second kappa shape index (κ2) is 5.98. The Morgan fingerprint density at radius 3 is 2.78 bits per heavy atom. The van der Waals surface area contributed by atoms with Crippen molar-refractivity contribution in [2.45, 2.75) is 25.9 Å². The lowest BCUT2D eigenvalue weighted by Crippen LogP contribution is -2.21. The molecule has 2 atom stereocenters. The average molecular weight is 262 g/mol. The standard InChI is InChI=1S/C14H18N2OS/c1-10(12-5-4-6-13(7-12)17-3)16-11(2)14-8-15-9-18-14/h4-11,16H,1-3H3/t10-,11?/m1/s1. The first-order chi connectivity index (χ1) is 8.70. The molecular formula is C14H18N2OS. The molecule has 1 aromatic carbocycles. The first-order valence-corrected chi connectivity index (χ1v) is 6.87. The molecule has 0 fully saturated rings. The summed E-state index contributed by atoms with van der Waals surface area (Å²) in [5.74, 6) is 0.895. The average Bonchev–Trinajstić information content (AvgIpc) is 2.92. The van der Waals surface area contributed by atoms with Crippen molar-refractivity contribution in [3.05, 3.63) is 46.4 Å². The van der Waals surface area contributed by atoms with E-state index in [2.05, 4.69) is 36.3 Å². The Kier molecular flexibility index (Phi) is 4.33. The summed E-state index contributed by atoms with van der Waals surface area (Å²) < 4.78 is 5.25. The van der Waals surface area contributed by atoms with Crippen LogP contribution in [0.5, 0.6) is 5.75 Å². The summed E-state index contributed by atoms with van der Waals surface area (Å²) in [6.07, 6.45) is 1.92. The van der Waals surface area contributed by atoms with Crippen LogP contribution in [0.25, 0.3) is 0 Å². The van der Waals surface area contributed by atoms with Gasteiger partial charge in [0.25, 0.3) is 0 Å².